The lowest BCUT2D eigenvalue weighted by atomic mass is 10.1. The Labute approximate surface area is 171 Å². The van der Waals surface area contributed by atoms with Crippen molar-refractivity contribution in [2.24, 2.45) is 5.92 Å². The summed E-state index contributed by atoms with van der Waals surface area (Å²) in [6, 6.07) is 5.59. The molecule has 0 aliphatic rings. The van der Waals surface area contributed by atoms with Gasteiger partial charge in [0, 0.05) is 18.2 Å². The maximum absolute atomic E-state index is 12.2. The summed E-state index contributed by atoms with van der Waals surface area (Å²) >= 11 is 0. The third kappa shape index (κ3) is 7.64. The van der Waals surface area contributed by atoms with Crippen molar-refractivity contribution in [2.75, 3.05) is 11.9 Å². The highest BCUT2D eigenvalue weighted by molar-refractivity contribution is 5.91. The Morgan fingerprint density at radius 3 is 2.47 bits per heavy atom. The van der Waals surface area contributed by atoms with Gasteiger partial charge in [0.15, 0.2) is 6.61 Å². The fraction of sp³-hybridized carbons (Fsp3) is 0.421. The Balaban J connectivity index is 1.91. The number of anilines is 1. The monoisotopic (exact) mass is 425 g/mol. The zero-order valence-electron chi connectivity index (χ0n) is 16.7. The Morgan fingerprint density at radius 2 is 1.87 bits per heavy atom. The van der Waals surface area contributed by atoms with Crippen LogP contribution in [0.2, 0.25) is 0 Å². The van der Waals surface area contributed by atoms with Gasteiger partial charge in [-0.15, -0.1) is 5.10 Å². The highest BCUT2D eigenvalue weighted by Gasteiger charge is 2.28. The van der Waals surface area contributed by atoms with E-state index in [4.69, 9.17) is 0 Å². The molecule has 2 heterocycles. The predicted molar refractivity (Wildman–Crippen MR) is 102 cm³/mol. The number of carbonyl (C=O) groups is 2. The summed E-state index contributed by atoms with van der Waals surface area (Å²) in [6.07, 6.45) is -3.06. The van der Waals surface area contributed by atoms with Gasteiger partial charge >= 0.3 is 6.18 Å². The lowest BCUT2D eigenvalue weighted by Gasteiger charge is -2.15. The van der Waals surface area contributed by atoms with Gasteiger partial charge in [0.1, 0.15) is 5.82 Å². The van der Waals surface area contributed by atoms with E-state index in [1.165, 1.54) is 18.3 Å². The van der Waals surface area contributed by atoms with Gasteiger partial charge in [0.2, 0.25) is 17.7 Å². The fourth-order valence-electron chi connectivity index (χ4n) is 2.27. The molecule has 0 fully saturated rings. The number of nitrogens with zero attached hydrogens (tertiary/aromatic N) is 3. The van der Waals surface area contributed by atoms with Crippen molar-refractivity contribution < 1.29 is 27.5 Å². The first kappa shape index (κ1) is 23.0. The molecule has 2 rings (SSSR count). The molecule has 2 N–H and O–H groups in total. The molecule has 0 aliphatic heterocycles. The van der Waals surface area contributed by atoms with E-state index in [9.17, 15) is 22.8 Å². The van der Waals surface area contributed by atoms with Crippen LogP contribution in [-0.2, 0) is 16.0 Å². The molecule has 0 saturated heterocycles. The number of pyridine rings is 1. The molecule has 2 amide bonds. The summed E-state index contributed by atoms with van der Waals surface area (Å²) in [4.78, 5) is 28.1. The molecule has 1 atom stereocenters. The van der Waals surface area contributed by atoms with E-state index in [0.717, 1.165) is 5.56 Å². The molecular formula is C19H22F3N5O3. The van der Waals surface area contributed by atoms with E-state index < -0.39 is 12.8 Å². The lowest BCUT2D eigenvalue weighted by molar-refractivity contribution is -0.154. The largest absolute Gasteiger partial charge is 0.467 e. The Kier molecular flexibility index (Phi) is 7.67. The second kappa shape index (κ2) is 9.99. The summed E-state index contributed by atoms with van der Waals surface area (Å²) in [6.45, 7) is 3.82. The molecule has 11 heteroatoms. The molecule has 30 heavy (non-hydrogen) atoms. The van der Waals surface area contributed by atoms with Crippen molar-refractivity contribution in [3.8, 4) is 5.88 Å². The van der Waals surface area contributed by atoms with E-state index in [1.54, 1.807) is 32.9 Å². The molecule has 1 unspecified atom stereocenters. The minimum atomic E-state index is -4.47. The van der Waals surface area contributed by atoms with Crippen LogP contribution in [-0.4, -0.2) is 39.8 Å². The van der Waals surface area contributed by atoms with E-state index in [-0.39, 0.29) is 41.8 Å². The van der Waals surface area contributed by atoms with Gasteiger partial charge in [-0.2, -0.15) is 18.3 Å². The average molecular weight is 425 g/mol. The number of alkyl halides is 3. The summed E-state index contributed by atoms with van der Waals surface area (Å²) in [5, 5.41) is 12.7. The van der Waals surface area contributed by atoms with Crippen LogP contribution in [0, 0.1) is 5.92 Å². The number of aromatic nitrogens is 3. The van der Waals surface area contributed by atoms with Gasteiger partial charge in [0.05, 0.1) is 18.2 Å². The Bertz CT molecular complexity index is 872. The van der Waals surface area contributed by atoms with Crippen LogP contribution in [0.15, 0.2) is 30.5 Å². The van der Waals surface area contributed by atoms with Crippen LogP contribution < -0.4 is 15.4 Å². The van der Waals surface area contributed by atoms with Crippen molar-refractivity contribution >= 4 is 17.6 Å². The number of hydrogen-bond donors (Lipinski definition) is 2. The maximum Gasteiger partial charge on any atom is 0.422 e. The van der Waals surface area contributed by atoms with Crippen molar-refractivity contribution in [3.05, 3.63) is 41.7 Å². The van der Waals surface area contributed by atoms with Crippen LogP contribution >= 0.6 is 0 Å². The van der Waals surface area contributed by atoms with E-state index in [0.29, 0.717) is 5.82 Å². The zero-order valence-corrected chi connectivity index (χ0v) is 16.7. The number of rotatable bonds is 8. The van der Waals surface area contributed by atoms with Gasteiger partial charge in [-0.25, -0.2) is 4.98 Å². The molecule has 2 aromatic rings. The second-order valence-electron chi connectivity index (χ2n) is 6.85. The first-order chi connectivity index (χ1) is 14.0. The van der Waals surface area contributed by atoms with Crippen molar-refractivity contribution in [3.63, 3.8) is 0 Å². The number of halogens is 3. The van der Waals surface area contributed by atoms with Gasteiger partial charge in [-0.05, 0) is 30.7 Å². The van der Waals surface area contributed by atoms with Crippen LogP contribution in [0.3, 0.4) is 0 Å². The second-order valence-corrected chi connectivity index (χ2v) is 6.85. The standard InChI is InChI=1S/C19H22F3N5O3/c1-11(2)18(29)25-15-8-13(6-7-23-15)12(3)24-16(28)9-14-4-5-17(27-26-14)30-10-19(20,21)22/h4-8,11-12H,9-10H2,1-3H3,(H,24,28)(H,23,25,29). The van der Waals surface area contributed by atoms with Crippen LogP contribution in [0.1, 0.15) is 38.1 Å². The van der Waals surface area contributed by atoms with Gasteiger partial charge in [-0.3, -0.25) is 9.59 Å². The maximum atomic E-state index is 12.2. The normalized spacial score (nSPS) is 12.4. The van der Waals surface area contributed by atoms with Crippen molar-refractivity contribution in [1.29, 1.82) is 0 Å². The number of amides is 2. The Morgan fingerprint density at radius 1 is 1.13 bits per heavy atom. The summed E-state index contributed by atoms with van der Waals surface area (Å²) in [5.41, 5.74) is 1.01. The number of nitrogens with one attached hydrogen (secondary N) is 2. The fourth-order valence-corrected chi connectivity index (χ4v) is 2.27. The summed E-state index contributed by atoms with van der Waals surface area (Å²) < 4.78 is 40.8. The molecular weight excluding hydrogens is 403 g/mol. The molecule has 0 spiro atoms. The smallest absolute Gasteiger partial charge is 0.422 e. The molecule has 0 aromatic carbocycles. The topological polar surface area (TPSA) is 106 Å². The quantitative estimate of drug-likeness (QED) is 0.674. The highest BCUT2D eigenvalue weighted by atomic mass is 19.4. The third-order valence-electron chi connectivity index (χ3n) is 3.86. The summed E-state index contributed by atoms with van der Waals surface area (Å²) in [7, 11) is 0. The number of ether oxygens (including phenoxy) is 1. The molecule has 2 aromatic heterocycles. The minimum absolute atomic E-state index is 0.112. The van der Waals surface area contributed by atoms with E-state index >= 15 is 0 Å². The predicted octanol–water partition coefficient (Wildman–Crippen LogP) is 2.83. The van der Waals surface area contributed by atoms with Gasteiger partial charge < -0.3 is 15.4 Å². The average Bonchev–Trinajstić information content (AvgIpc) is 2.67. The molecule has 162 valence electrons. The van der Waals surface area contributed by atoms with Crippen LogP contribution in [0.25, 0.3) is 0 Å². The SMILES string of the molecule is CC(C)C(=O)Nc1cc(C(C)NC(=O)Cc2ccc(OCC(F)(F)F)nn2)ccn1. The Hall–Kier alpha value is -3.24. The molecule has 8 nitrogen and oxygen atoms in total. The van der Waals surface area contributed by atoms with Gasteiger partial charge in [0.25, 0.3) is 0 Å². The number of carbonyl (C=O) groups excluding carboxylic acids is 2. The molecule has 0 aliphatic carbocycles. The zero-order chi connectivity index (χ0) is 22.3. The first-order valence-corrected chi connectivity index (χ1v) is 9.12. The highest BCUT2D eigenvalue weighted by Crippen LogP contribution is 2.17. The number of hydrogen-bond acceptors (Lipinski definition) is 6. The van der Waals surface area contributed by atoms with E-state index in [1.807, 2.05) is 0 Å². The third-order valence-corrected chi connectivity index (χ3v) is 3.86. The van der Waals surface area contributed by atoms with Crippen molar-refractivity contribution in [2.45, 2.75) is 39.4 Å². The summed E-state index contributed by atoms with van der Waals surface area (Å²) in [5.74, 6) is -0.618. The lowest BCUT2D eigenvalue weighted by Crippen LogP contribution is -2.28. The van der Waals surface area contributed by atoms with Gasteiger partial charge in [-0.1, -0.05) is 13.8 Å². The van der Waals surface area contributed by atoms with Crippen molar-refractivity contribution in [1.82, 2.24) is 20.5 Å². The van der Waals surface area contributed by atoms with Crippen LogP contribution in [0.4, 0.5) is 19.0 Å². The molecule has 0 bridgehead atoms. The molecule has 0 saturated carbocycles. The van der Waals surface area contributed by atoms with E-state index in [2.05, 4.69) is 30.6 Å². The first-order valence-electron chi connectivity index (χ1n) is 9.12. The molecule has 0 radical (unpaired) electrons. The van der Waals surface area contributed by atoms with Crippen LogP contribution in [0.5, 0.6) is 5.88 Å². The minimum Gasteiger partial charge on any atom is -0.467 e.